The van der Waals surface area contributed by atoms with Crippen LogP contribution in [0, 0.1) is 0 Å². The molecule has 1 aliphatic heterocycles. The van der Waals surface area contributed by atoms with Crippen LogP contribution in [0.15, 0.2) is 0 Å². The molecule has 6 nitrogen and oxygen atoms in total. The second-order valence-corrected chi connectivity index (χ2v) is 4.83. The smallest absolute Gasteiger partial charge is 0.236 e. The van der Waals surface area contributed by atoms with Crippen molar-refractivity contribution in [2.45, 2.75) is 12.8 Å². The molecule has 0 aromatic carbocycles. The molecule has 0 atom stereocenters. The van der Waals surface area contributed by atoms with Gasteiger partial charge in [0.05, 0.1) is 6.54 Å². The molecule has 1 fully saturated rings. The van der Waals surface area contributed by atoms with E-state index in [9.17, 15) is 9.59 Å². The number of aliphatic hydroxyl groups excluding tert-OH is 1. The highest BCUT2D eigenvalue weighted by Gasteiger charge is 2.23. The van der Waals surface area contributed by atoms with E-state index in [1.54, 1.807) is 9.80 Å². The van der Waals surface area contributed by atoms with Crippen molar-refractivity contribution in [3.8, 4) is 0 Å². The van der Waals surface area contributed by atoms with Crippen LogP contribution >= 0.6 is 0 Å². The van der Waals surface area contributed by atoms with Crippen LogP contribution in [0.1, 0.15) is 12.8 Å². The average Bonchev–Trinajstić information content (AvgIpc) is 2.35. The van der Waals surface area contributed by atoms with E-state index in [4.69, 9.17) is 5.11 Å². The number of rotatable bonds is 5. The van der Waals surface area contributed by atoms with Crippen LogP contribution in [0.2, 0.25) is 0 Å². The molecule has 1 rings (SSSR count). The van der Waals surface area contributed by atoms with Crippen LogP contribution < -0.4 is 0 Å². The van der Waals surface area contributed by atoms with Crippen molar-refractivity contribution in [3.63, 3.8) is 0 Å². The molecule has 18 heavy (non-hydrogen) atoms. The van der Waals surface area contributed by atoms with Crippen molar-refractivity contribution in [2.24, 2.45) is 0 Å². The van der Waals surface area contributed by atoms with Crippen molar-refractivity contribution in [3.05, 3.63) is 0 Å². The van der Waals surface area contributed by atoms with Gasteiger partial charge in [-0.25, -0.2) is 0 Å². The topological polar surface area (TPSA) is 64.1 Å². The maximum Gasteiger partial charge on any atom is 0.236 e. The summed E-state index contributed by atoms with van der Waals surface area (Å²) in [6, 6.07) is 0. The number of carbonyl (C=O) groups is 2. The summed E-state index contributed by atoms with van der Waals surface area (Å²) in [7, 11) is 3.74. The molecule has 6 heteroatoms. The Morgan fingerprint density at radius 3 is 2.00 bits per heavy atom. The maximum absolute atomic E-state index is 11.8. The van der Waals surface area contributed by atoms with E-state index in [-0.39, 0.29) is 18.4 Å². The van der Waals surface area contributed by atoms with Crippen molar-refractivity contribution >= 4 is 11.8 Å². The second kappa shape index (κ2) is 7.33. The zero-order valence-corrected chi connectivity index (χ0v) is 11.3. The molecule has 1 saturated heterocycles. The molecule has 0 spiro atoms. The molecule has 0 aliphatic carbocycles. The summed E-state index contributed by atoms with van der Waals surface area (Å²) in [5, 5.41) is 8.68. The summed E-state index contributed by atoms with van der Waals surface area (Å²) < 4.78 is 0. The fourth-order valence-electron chi connectivity index (χ4n) is 1.96. The lowest BCUT2D eigenvalue weighted by Gasteiger charge is -2.35. The molecule has 0 unspecified atom stereocenters. The second-order valence-electron chi connectivity index (χ2n) is 4.83. The highest BCUT2D eigenvalue weighted by atomic mass is 16.3. The molecule has 1 N–H and O–H groups in total. The number of piperazine rings is 1. The molecule has 0 aromatic heterocycles. The predicted octanol–water partition coefficient (Wildman–Crippen LogP) is -1.01. The summed E-state index contributed by atoms with van der Waals surface area (Å²) in [6.07, 6.45) is 0.904. The van der Waals surface area contributed by atoms with Crippen LogP contribution in [0.5, 0.6) is 0 Å². The van der Waals surface area contributed by atoms with Crippen molar-refractivity contribution < 1.29 is 14.7 Å². The van der Waals surface area contributed by atoms with Crippen LogP contribution in [-0.4, -0.2) is 85.0 Å². The fourth-order valence-corrected chi connectivity index (χ4v) is 1.96. The van der Waals surface area contributed by atoms with Gasteiger partial charge in [0, 0.05) is 39.2 Å². The first-order chi connectivity index (χ1) is 8.54. The van der Waals surface area contributed by atoms with E-state index in [2.05, 4.69) is 0 Å². The van der Waals surface area contributed by atoms with Gasteiger partial charge in [0.15, 0.2) is 0 Å². The van der Waals surface area contributed by atoms with Crippen LogP contribution in [0.4, 0.5) is 0 Å². The molecule has 0 bridgehead atoms. The van der Waals surface area contributed by atoms with E-state index in [0.717, 1.165) is 0 Å². The Bertz CT molecular complexity index is 286. The van der Waals surface area contributed by atoms with Gasteiger partial charge in [-0.15, -0.1) is 0 Å². The van der Waals surface area contributed by atoms with Crippen LogP contribution in [0.3, 0.4) is 0 Å². The van der Waals surface area contributed by atoms with Gasteiger partial charge < -0.3 is 19.8 Å². The number of hydrogen-bond donors (Lipinski definition) is 1. The van der Waals surface area contributed by atoms with Crippen LogP contribution in [-0.2, 0) is 9.59 Å². The quantitative estimate of drug-likeness (QED) is 0.685. The van der Waals surface area contributed by atoms with Gasteiger partial charge in [0.1, 0.15) is 0 Å². The summed E-state index contributed by atoms with van der Waals surface area (Å²) in [4.78, 5) is 28.9. The van der Waals surface area contributed by atoms with Gasteiger partial charge in [0.2, 0.25) is 11.8 Å². The van der Waals surface area contributed by atoms with Gasteiger partial charge in [-0.1, -0.05) is 0 Å². The van der Waals surface area contributed by atoms with Gasteiger partial charge in [-0.2, -0.15) is 0 Å². The van der Waals surface area contributed by atoms with E-state index >= 15 is 0 Å². The SMILES string of the molecule is CN(C)CC(=O)N1CCN(C(=O)CCCO)CC1. The predicted molar refractivity (Wildman–Crippen MR) is 68.0 cm³/mol. The number of aliphatic hydroxyl groups is 1. The van der Waals surface area contributed by atoms with Crippen molar-refractivity contribution in [1.82, 2.24) is 14.7 Å². The van der Waals surface area contributed by atoms with Gasteiger partial charge >= 0.3 is 0 Å². The lowest BCUT2D eigenvalue weighted by atomic mass is 10.2. The third-order valence-electron chi connectivity index (χ3n) is 2.99. The Kier molecular flexibility index (Phi) is 6.07. The standard InChI is InChI=1S/C12H23N3O3/c1-13(2)10-12(18)15-7-5-14(6-8-15)11(17)4-3-9-16/h16H,3-10H2,1-2H3. The first-order valence-electron chi connectivity index (χ1n) is 6.35. The van der Waals surface area contributed by atoms with Crippen LogP contribution in [0.25, 0.3) is 0 Å². The molecule has 0 aromatic rings. The van der Waals surface area contributed by atoms with Gasteiger partial charge in [0.25, 0.3) is 0 Å². The number of nitrogens with zero attached hydrogens (tertiary/aromatic N) is 3. The maximum atomic E-state index is 11.8. The third kappa shape index (κ3) is 4.62. The Labute approximate surface area is 108 Å². The number of carbonyl (C=O) groups excluding carboxylic acids is 2. The molecule has 1 aliphatic rings. The normalized spacial score (nSPS) is 16.2. The largest absolute Gasteiger partial charge is 0.396 e. The van der Waals surface area contributed by atoms with Crippen molar-refractivity contribution in [1.29, 1.82) is 0 Å². The summed E-state index contributed by atoms with van der Waals surface area (Å²) in [5.41, 5.74) is 0. The number of amides is 2. The summed E-state index contributed by atoms with van der Waals surface area (Å²) in [6.45, 7) is 2.88. The van der Waals surface area contributed by atoms with E-state index in [0.29, 0.717) is 45.6 Å². The zero-order chi connectivity index (χ0) is 13.5. The molecule has 104 valence electrons. The van der Waals surface area contributed by atoms with E-state index < -0.39 is 0 Å². The number of hydrogen-bond acceptors (Lipinski definition) is 4. The molecule has 2 amide bonds. The minimum Gasteiger partial charge on any atom is -0.396 e. The van der Waals surface area contributed by atoms with Gasteiger partial charge in [-0.05, 0) is 20.5 Å². The minimum absolute atomic E-state index is 0.0486. The number of likely N-dealkylation sites (N-methyl/N-ethyl adjacent to an activating group) is 1. The highest BCUT2D eigenvalue weighted by molar-refractivity contribution is 5.79. The van der Waals surface area contributed by atoms with Gasteiger partial charge in [-0.3, -0.25) is 9.59 Å². The zero-order valence-electron chi connectivity index (χ0n) is 11.3. The highest BCUT2D eigenvalue weighted by Crippen LogP contribution is 2.05. The Balaban J connectivity index is 2.32. The summed E-state index contributed by atoms with van der Waals surface area (Å²) >= 11 is 0. The third-order valence-corrected chi connectivity index (χ3v) is 2.99. The molecular formula is C12H23N3O3. The summed E-state index contributed by atoms with van der Waals surface area (Å²) in [5.74, 6) is 0.186. The first-order valence-corrected chi connectivity index (χ1v) is 6.35. The Morgan fingerprint density at radius 1 is 1.06 bits per heavy atom. The lowest BCUT2D eigenvalue weighted by Crippen LogP contribution is -2.52. The molecule has 0 saturated carbocycles. The molecular weight excluding hydrogens is 234 g/mol. The van der Waals surface area contributed by atoms with E-state index in [1.807, 2.05) is 19.0 Å². The fraction of sp³-hybridized carbons (Fsp3) is 0.833. The van der Waals surface area contributed by atoms with E-state index in [1.165, 1.54) is 0 Å². The first kappa shape index (κ1) is 14.9. The Hall–Kier alpha value is -1.14. The lowest BCUT2D eigenvalue weighted by molar-refractivity contribution is -0.140. The molecule has 0 radical (unpaired) electrons. The minimum atomic E-state index is 0.0486. The van der Waals surface area contributed by atoms with Crippen molar-refractivity contribution in [2.75, 3.05) is 53.4 Å². The Morgan fingerprint density at radius 2 is 1.56 bits per heavy atom. The molecule has 1 heterocycles. The monoisotopic (exact) mass is 257 g/mol. The average molecular weight is 257 g/mol.